The minimum absolute atomic E-state index is 0.117. The minimum Gasteiger partial charge on any atom is -0.497 e. The van der Waals surface area contributed by atoms with Crippen molar-refractivity contribution in [1.29, 1.82) is 0 Å². The van der Waals surface area contributed by atoms with Crippen molar-refractivity contribution < 1.29 is 13.2 Å². The highest BCUT2D eigenvalue weighted by molar-refractivity contribution is 7.91. The normalized spacial score (nSPS) is 11.7. The fraction of sp³-hybridized carbons (Fsp3) is 0.0833. The minimum atomic E-state index is -3.75. The molecule has 0 saturated heterocycles. The zero-order chi connectivity index (χ0) is 14.2. The van der Waals surface area contributed by atoms with Gasteiger partial charge in [0.25, 0.3) is 0 Å². The molecular weight excluding hydrogens is 280 g/mol. The Morgan fingerprint density at radius 2 is 1.85 bits per heavy atom. The number of ether oxygens (including phenoxy) is 1. The summed E-state index contributed by atoms with van der Waals surface area (Å²) >= 11 is 0. The Morgan fingerprint density at radius 1 is 1.10 bits per heavy atom. The van der Waals surface area contributed by atoms with Crippen molar-refractivity contribution in [3.63, 3.8) is 0 Å². The van der Waals surface area contributed by atoms with E-state index in [1.807, 2.05) is 0 Å². The summed E-state index contributed by atoms with van der Waals surface area (Å²) in [5.74, 6) is 0.580. The summed E-state index contributed by atoms with van der Waals surface area (Å²) in [6.45, 7) is 0. The van der Waals surface area contributed by atoms with E-state index < -0.39 is 9.84 Å². The van der Waals surface area contributed by atoms with Gasteiger partial charge in [-0.25, -0.2) is 23.4 Å². The first-order valence-electron chi connectivity index (χ1n) is 5.66. The summed E-state index contributed by atoms with van der Waals surface area (Å²) in [5, 5.41) is -0.117. The smallest absolute Gasteiger partial charge is 0.226 e. The van der Waals surface area contributed by atoms with E-state index in [0.29, 0.717) is 11.4 Å². The van der Waals surface area contributed by atoms with Crippen molar-refractivity contribution in [2.45, 2.75) is 9.92 Å². The lowest BCUT2D eigenvalue weighted by atomic mass is 10.3. The quantitative estimate of drug-likeness (QED) is 0.728. The molecule has 1 aromatic carbocycles. The SMILES string of the molecule is COc1ccc(S(=O)(=O)c2ncnc3[nH]cnc23)cc1. The molecule has 0 fully saturated rings. The first-order chi connectivity index (χ1) is 9.63. The lowest BCUT2D eigenvalue weighted by molar-refractivity contribution is 0.414. The molecule has 3 rings (SSSR count). The second kappa shape index (κ2) is 4.57. The van der Waals surface area contributed by atoms with Gasteiger partial charge in [-0.2, -0.15) is 0 Å². The molecule has 0 amide bonds. The van der Waals surface area contributed by atoms with Crippen LogP contribution in [0.3, 0.4) is 0 Å². The lowest BCUT2D eigenvalue weighted by Crippen LogP contribution is -2.06. The molecule has 102 valence electrons. The molecule has 20 heavy (non-hydrogen) atoms. The number of aromatic amines is 1. The second-order valence-corrected chi connectivity index (χ2v) is 5.82. The van der Waals surface area contributed by atoms with Gasteiger partial charge >= 0.3 is 0 Å². The second-order valence-electron chi connectivity index (χ2n) is 3.96. The van der Waals surface area contributed by atoms with E-state index in [0.717, 1.165) is 0 Å². The molecule has 2 aromatic heterocycles. The Labute approximate surface area is 114 Å². The van der Waals surface area contributed by atoms with Gasteiger partial charge < -0.3 is 9.72 Å². The number of benzene rings is 1. The fourth-order valence-electron chi connectivity index (χ4n) is 1.81. The van der Waals surface area contributed by atoms with Crippen LogP contribution in [0.1, 0.15) is 0 Å². The third-order valence-electron chi connectivity index (χ3n) is 2.81. The van der Waals surface area contributed by atoms with Gasteiger partial charge in [0.1, 0.15) is 17.6 Å². The zero-order valence-electron chi connectivity index (χ0n) is 10.4. The average Bonchev–Trinajstić information content (AvgIpc) is 2.95. The molecule has 0 aliphatic carbocycles. The maximum absolute atomic E-state index is 12.6. The highest BCUT2D eigenvalue weighted by Gasteiger charge is 2.23. The number of fused-ring (bicyclic) bond motifs is 1. The first-order valence-corrected chi connectivity index (χ1v) is 7.14. The lowest BCUT2D eigenvalue weighted by Gasteiger charge is -2.05. The number of nitrogens with one attached hydrogen (secondary N) is 1. The number of H-pyrrole nitrogens is 1. The Kier molecular flexibility index (Phi) is 2.87. The molecule has 0 saturated carbocycles. The van der Waals surface area contributed by atoms with Crippen LogP contribution < -0.4 is 4.74 Å². The monoisotopic (exact) mass is 290 g/mol. The first kappa shape index (κ1) is 12.5. The molecule has 1 N–H and O–H groups in total. The van der Waals surface area contributed by atoms with Gasteiger partial charge in [-0.15, -0.1) is 0 Å². The van der Waals surface area contributed by atoms with Gasteiger partial charge in [-0.1, -0.05) is 0 Å². The van der Waals surface area contributed by atoms with Crippen molar-refractivity contribution in [1.82, 2.24) is 19.9 Å². The molecule has 0 bridgehead atoms. The summed E-state index contributed by atoms with van der Waals surface area (Å²) < 4.78 is 30.1. The maximum Gasteiger partial charge on any atom is 0.226 e. The van der Waals surface area contributed by atoms with Gasteiger partial charge in [0, 0.05) is 0 Å². The number of methoxy groups -OCH3 is 1. The van der Waals surface area contributed by atoms with E-state index in [2.05, 4.69) is 19.9 Å². The van der Waals surface area contributed by atoms with Crippen LogP contribution in [0.15, 0.2) is 46.8 Å². The molecule has 0 spiro atoms. The van der Waals surface area contributed by atoms with E-state index in [1.165, 1.54) is 31.9 Å². The van der Waals surface area contributed by atoms with Crippen molar-refractivity contribution in [2.24, 2.45) is 0 Å². The third kappa shape index (κ3) is 1.90. The number of imidazole rings is 1. The van der Waals surface area contributed by atoms with Crippen molar-refractivity contribution in [3.8, 4) is 5.75 Å². The molecule has 0 aliphatic heterocycles. The molecule has 8 heteroatoms. The van der Waals surface area contributed by atoms with Crippen LogP contribution in [0.2, 0.25) is 0 Å². The Balaban J connectivity index is 2.18. The summed E-state index contributed by atoms with van der Waals surface area (Å²) in [6, 6.07) is 6.09. The topological polar surface area (TPSA) is 97.8 Å². The van der Waals surface area contributed by atoms with Gasteiger partial charge in [-0.3, -0.25) is 0 Å². The van der Waals surface area contributed by atoms with Crippen LogP contribution in [-0.4, -0.2) is 35.5 Å². The van der Waals surface area contributed by atoms with Crippen LogP contribution in [0.4, 0.5) is 0 Å². The van der Waals surface area contributed by atoms with Gasteiger partial charge in [-0.05, 0) is 24.3 Å². The van der Waals surface area contributed by atoms with Crippen LogP contribution >= 0.6 is 0 Å². The number of hydrogen-bond donors (Lipinski definition) is 1. The molecular formula is C12H10N4O3S. The van der Waals surface area contributed by atoms with Crippen LogP contribution in [0, 0.1) is 0 Å². The summed E-state index contributed by atoms with van der Waals surface area (Å²) in [7, 11) is -2.23. The molecule has 0 atom stereocenters. The third-order valence-corrected chi connectivity index (χ3v) is 4.51. The number of aromatic nitrogens is 4. The Hall–Kier alpha value is -2.48. The van der Waals surface area contributed by atoms with E-state index in [1.54, 1.807) is 12.1 Å². The fourth-order valence-corrected chi connectivity index (χ4v) is 3.11. The van der Waals surface area contributed by atoms with Crippen LogP contribution in [-0.2, 0) is 9.84 Å². The van der Waals surface area contributed by atoms with E-state index in [4.69, 9.17) is 4.74 Å². The maximum atomic E-state index is 12.6. The predicted octanol–water partition coefficient (Wildman–Crippen LogP) is 1.19. The Morgan fingerprint density at radius 3 is 2.55 bits per heavy atom. The van der Waals surface area contributed by atoms with E-state index in [9.17, 15) is 8.42 Å². The largest absolute Gasteiger partial charge is 0.497 e. The van der Waals surface area contributed by atoms with Crippen molar-refractivity contribution in [3.05, 3.63) is 36.9 Å². The van der Waals surface area contributed by atoms with Gasteiger partial charge in [0.05, 0.1) is 18.3 Å². The highest BCUT2D eigenvalue weighted by atomic mass is 32.2. The summed E-state index contributed by atoms with van der Waals surface area (Å²) in [4.78, 5) is 14.6. The van der Waals surface area contributed by atoms with Gasteiger partial charge in [0.2, 0.25) is 9.84 Å². The standard InChI is InChI=1S/C12H10N4O3S/c1-19-8-2-4-9(5-3-8)20(17,18)12-10-11(14-6-13-10)15-7-16-12/h2-7H,1H3,(H,13,14,15,16). The molecule has 0 unspecified atom stereocenters. The molecule has 3 aromatic rings. The van der Waals surface area contributed by atoms with E-state index in [-0.39, 0.29) is 15.4 Å². The summed E-state index contributed by atoms with van der Waals surface area (Å²) in [6.07, 6.45) is 2.57. The highest BCUT2D eigenvalue weighted by Crippen LogP contribution is 2.24. The number of hydrogen-bond acceptors (Lipinski definition) is 6. The summed E-state index contributed by atoms with van der Waals surface area (Å²) in [5.41, 5.74) is 0.607. The molecule has 7 nitrogen and oxygen atoms in total. The zero-order valence-corrected chi connectivity index (χ0v) is 11.3. The van der Waals surface area contributed by atoms with Crippen molar-refractivity contribution in [2.75, 3.05) is 7.11 Å². The van der Waals surface area contributed by atoms with Gasteiger partial charge in [0.15, 0.2) is 10.7 Å². The number of nitrogens with zero attached hydrogens (tertiary/aromatic N) is 3. The molecule has 2 heterocycles. The van der Waals surface area contributed by atoms with E-state index >= 15 is 0 Å². The molecule has 0 radical (unpaired) electrons. The average molecular weight is 290 g/mol. The Bertz CT molecular complexity index is 856. The number of rotatable bonds is 3. The predicted molar refractivity (Wildman–Crippen MR) is 70.1 cm³/mol. The molecule has 0 aliphatic rings. The van der Waals surface area contributed by atoms with Crippen LogP contribution in [0.5, 0.6) is 5.75 Å². The van der Waals surface area contributed by atoms with Crippen LogP contribution in [0.25, 0.3) is 11.2 Å². The number of sulfone groups is 1. The van der Waals surface area contributed by atoms with Crippen molar-refractivity contribution >= 4 is 21.0 Å².